The van der Waals surface area contributed by atoms with E-state index < -0.39 is 18.0 Å². The van der Waals surface area contributed by atoms with Crippen molar-refractivity contribution in [3.05, 3.63) is 36.4 Å². The lowest BCUT2D eigenvalue weighted by molar-refractivity contribution is -0.274. The molecular formula is C19H17F3N2O4. The van der Waals surface area contributed by atoms with Crippen molar-refractivity contribution in [1.82, 2.24) is 4.90 Å². The topological polar surface area (TPSA) is 75.7 Å². The number of carbonyl (C=O) groups excluding carboxylic acids is 3. The Morgan fingerprint density at radius 2 is 1.64 bits per heavy atom. The van der Waals surface area contributed by atoms with Crippen molar-refractivity contribution >= 4 is 23.4 Å². The summed E-state index contributed by atoms with van der Waals surface area (Å²) < 4.78 is 40.2. The molecule has 1 aromatic carbocycles. The Bertz CT molecular complexity index is 820. The standard InChI is InChI=1S/C19H17F3N2O4/c20-19(21,22)28-13-5-3-12(4-6-13)23-14(25)7-8-24-17(26)15-10-1-2-11(9-10)16(15)18(24)27/h1-6,10-11,15-16H,7-9H2,(H,23,25)/t10-,11-,15-,16-/m0/s1. The maximum absolute atomic E-state index is 12.5. The van der Waals surface area contributed by atoms with E-state index >= 15 is 0 Å². The minimum absolute atomic E-state index is 0.00872. The van der Waals surface area contributed by atoms with Crippen molar-refractivity contribution < 1.29 is 32.3 Å². The average Bonchev–Trinajstić information content (AvgIpc) is 3.28. The van der Waals surface area contributed by atoms with E-state index in [1.54, 1.807) is 0 Å². The summed E-state index contributed by atoms with van der Waals surface area (Å²) in [7, 11) is 0. The first-order valence-electron chi connectivity index (χ1n) is 8.92. The lowest BCUT2D eigenvalue weighted by Crippen LogP contribution is -2.35. The first-order chi connectivity index (χ1) is 13.2. The fourth-order valence-electron chi connectivity index (χ4n) is 4.36. The minimum atomic E-state index is -4.78. The highest BCUT2D eigenvalue weighted by Gasteiger charge is 2.59. The Morgan fingerprint density at radius 1 is 1.07 bits per heavy atom. The minimum Gasteiger partial charge on any atom is -0.406 e. The van der Waals surface area contributed by atoms with Crippen molar-refractivity contribution in [2.75, 3.05) is 11.9 Å². The van der Waals surface area contributed by atoms with Crippen LogP contribution in [0, 0.1) is 23.7 Å². The highest BCUT2D eigenvalue weighted by Crippen LogP contribution is 2.52. The number of imide groups is 1. The highest BCUT2D eigenvalue weighted by atomic mass is 19.4. The fourth-order valence-corrected chi connectivity index (χ4v) is 4.36. The maximum atomic E-state index is 12.5. The Balaban J connectivity index is 1.30. The van der Waals surface area contributed by atoms with Crippen molar-refractivity contribution in [2.24, 2.45) is 23.7 Å². The van der Waals surface area contributed by atoms with Crippen molar-refractivity contribution in [3.8, 4) is 5.75 Å². The van der Waals surface area contributed by atoms with E-state index in [2.05, 4.69) is 10.1 Å². The number of nitrogens with one attached hydrogen (secondary N) is 1. The van der Waals surface area contributed by atoms with Crippen LogP contribution in [0.5, 0.6) is 5.75 Å². The summed E-state index contributed by atoms with van der Waals surface area (Å²) in [5.41, 5.74) is 0.290. The number of alkyl halides is 3. The van der Waals surface area contributed by atoms with Crippen LogP contribution in [0.1, 0.15) is 12.8 Å². The van der Waals surface area contributed by atoms with Crippen LogP contribution in [0.25, 0.3) is 0 Å². The molecule has 1 saturated heterocycles. The van der Waals surface area contributed by atoms with E-state index in [1.165, 1.54) is 17.0 Å². The van der Waals surface area contributed by atoms with Crippen LogP contribution in [0.2, 0.25) is 0 Å². The van der Waals surface area contributed by atoms with Gasteiger partial charge in [0.1, 0.15) is 5.75 Å². The van der Waals surface area contributed by atoms with E-state index in [9.17, 15) is 27.6 Å². The van der Waals surface area contributed by atoms with Gasteiger partial charge in [0, 0.05) is 18.7 Å². The zero-order valence-corrected chi connectivity index (χ0v) is 14.6. The molecule has 4 atom stereocenters. The summed E-state index contributed by atoms with van der Waals surface area (Å²) in [6.45, 7) is -0.00872. The molecule has 28 heavy (non-hydrogen) atoms. The average molecular weight is 394 g/mol. The number of anilines is 1. The highest BCUT2D eigenvalue weighted by molar-refractivity contribution is 6.06. The molecule has 3 amide bonds. The molecule has 4 rings (SSSR count). The molecule has 6 nitrogen and oxygen atoms in total. The number of fused-ring (bicyclic) bond motifs is 5. The van der Waals surface area contributed by atoms with Crippen molar-refractivity contribution in [3.63, 3.8) is 0 Å². The molecule has 1 N–H and O–H groups in total. The third kappa shape index (κ3) is 3.36. The van der Waals surface area contributed by atoms with Gasteiger partial charge in [0.15, 0.2) is 0 Å². The van der Waals surface area contributed by atoms with Gasteiger partial charge in [0.05, 0.1) is 11.8 Å². The van der Waals surface area contributed by atoms with Crippen molar-refractivity contribution in [2.45, 2.75) is 19.2 Å². The largest absolute Gasteiger partial charge is 0.573 e. The Morgan fingerprint density at radius 3 is 2.18 bits per heavy atom. The van der Waals surface area contributed by atoms with E-state index in [0.29, 0.717) is 0 Å². The number of ether oxygens (including phenoxy) is 1. The molecule has 2 bridgehead atoms. The van der Waals surface area contributed by atoms with Gasteiger partial charge in [0.2, 0.25) is 17.7 Å². The predicted octanol–water partition coefficient (Wildman–Crippen LogP) is 2.72. The second-order valence-corrected chi connectivity index (χ2v) is 7.20. The molecule has 148 valence electrons. The van der Waals surface area contributed by atoms with Gasteiger partial charge in [-0.15, -0.1) is 13.2 Å². The number of allylic oxidation sites excluding steroid dienone is 2. The number of rotatable bonds is 5. The SMILES string of the molecule is O=C(CCN1C(=O)[C@@H]2[C@@H](C1=O)[C@H]1C=C[C@H]2C1)Nc1ccc(OC(F)(F)F)cc1. The first-order valence-corrected chi connectivity index (χ1v) is 8.92. The Kier molecular flexibility index (Phi) is 4.40. The lowest BCUT2D eigenvalue weighted by Gasteiger charge is -2.17. The van der Waals surface area contributed by atoms with Crippen LogP contribution in [0.3, 0.4) is 0 Å². The first kappa shape index (κ1) is 18.5. The molecule has 1 saturated carbocycles. The predicted molar refractivity (Wildman–Crippen MR) is 90.8 cm³/mol. The normalized spacial score (nSPS) is 28.0. The van der Waals surface area contributed by atoms with E-state index in [0.717, 1.165) is 18.6 Å². The number of carbonyl (C=O) groups is 3. The molecule has 3 aliphatic rings. The number of nitrogens with zero attached hydrogens (tertiary/aromatic N) is 1. The number of halogens is 3. The molecule has 0 unspecified atom stereocenters. The summed E-state index contributed by atoms with van der Waals surface area (Å²) in [5, 5.41) is 2.53. The summed E-state index contributed by atoms with van der Waals surface area (Å²) in [6.07, 6.45) is -0.0265. The van der Waals surface area contributed by atoms with Gasteiger partial charge >= 0.3 is 6.36 Å². The number of hydrogen-bond donors (Lipinski definition) is 1. The molecule has 1 aliphatic heterocycles. The smallest absolute Gasteiger partial charge is 0.406 e. The molecule has 1 heterocycles. The zero-order valence-electron chi connectivity index (χ0n) is 14.6. The molecule has 0 aromatic heterocycles. The van der Waals surface area contributed by atoms with Gasteiger partial charge in [-0.2, -0.15) is 0 Å². The lowest BCUT2D eigenvalue weighted by atomic mass is 9.85. The number of likely N-dealkylation sites (tertiary alicyclic amines) is 1. The summed E-state index contributed by atoms with van der Waals surface area (Å²) in [5.74, 6) is -1.64. The zero-order chi connectivity index (χ0) is 20.1. The number of benzene rings is 1. The molecule has 0 spiro atoms. The summed E-state index contributed by atoms with van der Waals surface area (Å²) in [6, 6.07) is 4.72. The van der Waals surface area contributed by atoms with Gasteiger partial charge in [-0.05, 0) is 42.5 Å². The van der Waals surface area contributed by atoms with Gasteiger partial charge in [-0.1, -0.05) is 12.2 Å². The van der Waals surface area contributed by atoms with E-state index in [1.807, 2.05) is 12.2 Å². The second-order valence-electron chi connectivity index (χ2n) is 7.20. The fraction of sp³-hybridized carbons (Fsp3) is 0.421. The van der Waals surface area contributed by atoms with Crippen LogP contribution in [-0.2, 0) is 14.4 Å². The maximum Gasteiger partial charge on any atom is 0.573 e. The Labute approximate surface area is 158 Å². The molecule has 1 aromatic rings. The monoisotopic (exact) mass is 394 g/mol. The van der Waals surface area contributed by atoms with Crippen LogP contribution >= 0.6 is 0 Å². The third-order valence-corrected chi connectivity index (χ3v) is 5.50. The van der Waals surface area contributed by atoms with Crippen LogP contribution < -0.4 is 10.1 Å². The molecule has 0 radical (unpaired) electrons. The van der Waals surface area contributed by atoms with Gasteiger partial charge < -0.3 is 10.1 Å². The molecule has 2 fully saturated rings. The molecular weight excluding hydrogens is 377 g/mol. The van der Waals surface area contributed by atoms with E-state index in [-0.39, 0.29) is 54.1 Å². The number of hydrogen-bond acceptors (Lipinski definition) is 4. The summed E-state index contributed by atoms with van der Waals surface area (Å²) >= 11 is 0. The third-order valence-electron chi connectivity index (χ3n) is 5.50. The molecule has 9 heteroatoms. The number of amides is 3. The Hall–Kier alpha value is -2.84. The van der Waals surface area contributed by atoms with Gasteiger partial charge in [-0.25, -0.2) is 0 Å². The van der Waals surface area contributed by atoms with Crippen molar-refractivity contribution in [1.29, 1.82) is 0 Å². The van der Waals surface area contributed by atoms with Crippen LogP contribution in [-0.4, -0.2) is 35.5 Å². The summed E-state index contributed by atoms with van der Waals surface area (Å²) in [4.78, 5) is 38.4. The van der Waals surface area contributed by atoms with Crippen LogP contribution in [0.4, 0.5) is 18.9 Å². The van der Waals surface area contributed by atoms with Gasteiger partial charge in [-0.3, -0.25) is 19.3 Å². The quantitative estimate of drug-likeness (QED) is 0.616. The van der Waals surface area contributed by atoms with E-state index in [4.69, 9.17) is 0 Å². The van der Waals surface area contributed by atoms with Gasteiger partial charge in [0.25, 0.3) is 0 Å². The molecule has 2 aliphatic carbocycles. The van der Waals surface area contributed by atoms with Crippen LogP contribution in [0.15, 0.2) is 36.4 Å². The second kappa shape index (κ2) is 6.65.